The number of hydrogen-bond acceptors (Lipinski definition) is 4. The summed E-state index contributed by atoms with van der Waals surface area (Å²) >= 11 is 6.68. The molecule has 2 aromatic carbocycles. The van der Waals surface area contributed by atoms with Crippen molar-refractivity contribution in [2.24, 2.45) is 0 Å². The van der Waals surface area contributed by atoms with Crippen LogP contribution in [0.5, 0.6) is 5.75 Å². The normalized spacial score (nSPS) is 16.0. The summed E-state index contributed by atoms with van der Waals surface area (Å²) in [6.07, 6.45) is 1.72. The molecule has 0 saturated carbocycles. The average molecular weight is 530 g/mol. The van der Waals surface area contributed by atoms with Crippen molar-refractivity contribution < 1.29 is 14.3 Å². The van der Waals surface area contributed by atoms with Crippen molar-refractivity contribution in [3.8, 4) is 5.75 Å². The first kappa shape index (κ1) is 18.5. The van der Waals surface area contributed by atoms with Gasteiger partial charge in [-0.3, -0.25) is 14.5 Å². The molecule has 1 saturated heterocycles. The van der Waals surface area contributed by atoms with Gasteiger partial charge in [0.1, 0.15) is 12.4 Å². The lowest BCUT2D eigenvalue weighted by Gasteiger charge is -2.11. The van der Waals surface area contributed by atoms with Gasteiger partial charge in [-0.1, -0.05) is 30.3 Å². The first-order valence-corrected chi connectivity index (χ1v) is 10.0. The number of carbonyl (C=O) groups is 2. The second-order valence-corrected chi connectivity index (χ2v) is 8.34. The highest BCUT2D eigenvalue weighted by Gasteiger charge is 2.31. The SMILES string of the molecule is CN1C(=O)S/C(=C\c2cc(Br)c(OCc3ccccc3)c(I)c2)C1=O. The van der Waals surface area contributed by atoms with E-state index in [4.69, 9.17) is 4.74 Å². The van der Waals surface area contributed by atoms with Crippen molar-refractivity contribution in [3.05, 3.63) is 66.5 Å². The Morgan fingerprint density at radius 2 is 1.96 bits per heavy atom. The number of halogens is 2. The van der Waals surface area contributed by atoms with Crippen molar-refractivity contribution in [1.82, 2.24) is 4.90 Å². The Morgan fingerprint density at radius 3 is 2.56 bits per heavy atom. The summed E-state index contributed by atoms with van der Waals surface area (Å²) in [6, 6.07) is 13.7. The zero-order chi connectivity index (χ0) is 18.0. The maximum absolute atomic E-state index is 12.0. The second-order valence-electron chi connectivity index (χ2n) is 5.33. The Morgan fingerprint density at radius 1 is 1.24 bits per heavy atom. The molecule has 0 bridgehead atoms. The molecule has 0 aromatic heterocycles. The maximum atomic E-state index is 12.0. The minimum Gasteiger partial charge on any atom is -0.487 e. The third kappa shape index (κ3) is 4.27. The van der Waals surface area contributed by atoms with Gasteiger partial charge in [-0.05, 0) is 79.6 Å². The standard InChI is InChI=1S/C18H13BrINO3S/c1-21-17(22)15(25-18(21)23)9-12-7-13(19)16(14(20)8-12)24-10-11-5-3-2-4-6-11/h2-9H,10H2,1H3/b15-9-. The number of likely N-dealkylation sites (N-methyl/N-ethyl adjacent to an activating group) is 1. The summed E-state index contributed by atoms with van der Waals surface area (Å²) in [7, 11) is 1.48. The molecular formula is C18H13BrINO3S. The van der Waals surface area contributed by atoms with Crippen LogP contribution in [0.15, 0.2) is 51.8 Å². The van der Waals surface area contributed by atoms with Crippen LogP contribution in [0.2, 0.25) is 0 Å². The van der Waals surface area contributed by atoms with E-state index in [9.17, 15) is 9.59 Å². The Labute approximate surface area is 171 Å². The minimum atomic E-state index is -0.273. The predicted molar refractivity (Wildman–Crippen MR) is 111 cm³/mol. The van der Waals surface area contributed by atoms with Gasteiger partial charge in [0.25, 0.3) is 11.1 Å². The molecule has 1 heterocycles. The summed E-state index contributed by atoms with van der Waals surface area (Å²) in [6.45, 7) is 0.476. The highest BCUT2D eigenvalue weighted by atomic mass is 127. The van der Waals surface area contributed by atoms with Crippen LogP contribution in [-0.2, 0) is 11.4 Å². The number of thioether (sulfide) groups is 1. The van der Waals surface area contributed by atoms with Crippen molar-refractivity contribution in [2.45, 2.75) is 6.61 Å². The smallest absolute Gasteiger partial charge is 0.293 e. The second kappa shape index (κ2) is 7.92. The van der Waals surface area contributed by atoms with E-state index in [0.717, 1.165) is 41.6 Å². The quantitative estimate of drug-likeness (QED) is 0.398. The fourth-order valence-corrected chi connectivity index (χ4v) is 4.82. The maximum Gasteiger partial charge on any atom is 0.293 e. The van der Waals surface area contributed by atoms with Crippen molar-refractivity contribution in [1.29, 1.82) is 0 Å². The topological polar surface area (TPSA) is 46.6 Å². The predicted octanol–water partition coefficient (Wildman–Crippen LogP) is 5.30. The minimum absolute atomic E-state index is 0.257. The van der Waals surface area contributed by atoms with Crippen LogP contribution in [0.3, 0.4) is 0 Å². The monoisotopic (exact) mass is 529 g/mol. The van der Waals surface area contributed by atoms with Gasteiger partial charge in [0, 0.05) is 7.05 Å². The third-order valence-corrected chi connectivity index (χ3v) is 5.88. The van der Waals surface area contributed by atoms with Crippen LogP contribution < -0.4 is 4.74 Å². The van der Waals surface area contributed by atoms with Gasteiger partial charge in [0.2, 0.25) is 0 Å². The first-order chi connectivity index (χ1) is 12.0. The molecule has 0 spiro atoms. The van der Waals surface area contributed by atoms with Crippen LogP contribution in [0, 0.1) is 3.57 Å². The molecule has 1 fully saturated rings. The van der Waals surface area contributed by atoms with E-state index in [1.165, 1.54) is 7.05 Å². The molecule has 0 radical (unpaired) electrons. The van der Waals surface area contributed by atoms with Gasteiger partial charge in [0.15, 0.2) is 0 Å². The highest BCUT2D eigenvalue weighted by molar-refractivity contribution is 14.1. The largest absolute Gasteiger partial charge is 0.487 e. The Hall–Kier alpha value is -1.32. The molecule has 25 heavy (non-hydrogen) atoms. The van der Waals surface area contributed by atoms with Crippen LogP contribution in [0.4, 0.5) is 4.79 Å². The van der Waals surface area contributed by atoms with Crippen molar-refractivity contribution in [3.63, 3.8) is 0 Å². The lowest BCUT2D eigenvalue weighted by Crippen LogP contribution is -2.22. The van der Waals surface area contributed by atoms with Gasteiger partial charge in [-0.25, -0.2) is 0 Å². The molecule has 0 unspecified atom stereocenters. The van der Waals surface area contributed by atoms with E-state index >= 15 is 0 Å². The van der Waals surface area contributed by atoms with E-state index in [1.54, 1.807) is 6.08 Å². The van der Waals surface area contributed by atoms with E-state index in [2.05, 4.69) is 38.5 Å². The summed E-state index contributed by atoms with van der Waals surface area (Å²) in [5, 5.41) is -0.257. The van der Waals surface area contributed by atoms with Gasteiger partial charge in [-0.15, -0.1) is 0 Å². The van der Waals surface area contributed by atoms with Crippen LogP contribution in [-0.4, -0.2) is 23.1 Å². The zero-order valence-electron chi connectivity index (χ0n) is 13.2. The van der Waals surface area contributed by atoms with Crippen LogP contribution in [0.25, 0.3) is 6.08 Å². The molecule has 0 atom stereocenters. The molecule has 7 heteroatoms. The number of hydrogen-bond donors (Lipinski definition) is 0. The number of rotatable bonds is 4. The molecular weight excluding hydrogens is 517 g/mol. The van der Waals surface area contributed by atoms with E-state index in [1.807, 2.05) is 42.5 Å². The van der Waals surface area contributed by atoms with Gasteiger partial charge >= 0.3 is 0 Å². The fourth-order valence-electron chi connectivity index (χ4n) is 2.23. The van der Waals surface area contributed by atoms with E-state index < -0.39 is 0 Å². The number of benzene rings is 2. The molecule has 1 aliphatic rings. The fraction of sp³-hybridized carbons (Fsp3) is 0.111. The summed E-state index contributed by atoms with van der Waals surface area (Å²) in [5.74, 6) is 0.482. The van der Waals surface area contributed by atoms with Gasteiger partial charge in [0.05, 0.1) is 12.9 Å². The molecule has 0 N–H and O–H groups in total. The Balaban J connectivity index is 1.81. The number of nitrogens with zero attached hydrogens (tertiary/aromatic N) is 1. The summed E-state index contributed by atoms with van der Waals surface area (Å²) < 4.78 is 7.65. The zero-order valence-corrected chi connectivity index (χ0v) is 17.7. The van der Waals surface area contributed by atoms with E-state index in [-0.39, 0.29) is 11.1 Å². The van der Waals surface area contributed by atoms with Crippen LogP contribution >= 0.6 is 50.3 Å². The highest BCUT2D eigenvalue weighted by Crippen LogP contribution is 2.36. The lowest BCUT2D eigenvalue weighted by molar-refractivity contribution is -0.121. The molecule has 1 aliphatic heterocycles. The number of imide groups is 1. The number of carbonyl (C=O) groups excluding carboxylic acids is 2. The number of amides is 2. The van der Waals surface area contributed by atoms with Crippen molar-refractivity contribution >= 4 is 67.5 Å². The van der Waals surface area contributed by atoms with E-state index in [0.29, 0.717) is 11.5 Å². The summed E-state index contributed by atoms with van der Waals surface area (Å²) in [4.78, 5) is 25.1. The molecule has 2 aromatic rings. The van der Waals surface area contributed by atoms with Crippen molar-refractivity contribution in [2.75, 3.05) is 7.05 Å². The molecule has 128 valence electrons. The Kier molecular flexibility index (Phi) is 5.85. The average Bonchev–Trinajstić information content (AvgIpc) is 2.82. The molecule has 0 aliphatic carbocycles. The third-order valence-electron chi connectivity index (χ3n) is 3.53. The van der Waals surface area contributed by atoms with Crippen LogP contribution in [0.1, 0.15) is 11.1 Å². The first-order valence-electron chi connectivity index (χ1n) is 7.33. The Bertz CT molecular complexity index is 847. The van der Waals surface area contributed by atoms with Gasteiger partial charge in [-0.2, -0.15) is 0 Å². The summed E-state index contributed by atoms with van der Waals surface area (Å²) in [5.41, 5.74) is 1.92. The molecule has 3 rings (SSSR count). The number of ether oxygens (including phenoxy) is 1. The molecule has 2 amide bonds. The molecule has 4 nitrogen and oxygen atoms in total. The lowest BCUT2D eigenvalue weighted by atomic mass is 10.2. The van der Waals surface area contributed by atoms with Gasteiger partial charge < -0.3 is 4.74 Å².